The van der Waals surface area contributed by atoms with Gasteiger partial charge in [0.15, 0.2) is 0 Å². The van der Waals surface area contributed by atoms with Crippen molar-refractivity contribution in [3.8, 4) is 0 Å². The SMILES string of the molecule is O=c1n[c]c2ccccc2o1. The largest absolute Gasteiger partial charge is 0.439 e. The summed E-state index contributed by atoms with van der Waals surface area (Å²) in [5.74, 6) is -0.608. The number of rotatable bonds is 0. The monoisotopic (exact) mass is 146 g/mol. The average Bonchev–Trinajstić information content (AvgIpc) is 2.04. The van der Waals surface area contributed by atoms with Gasteiger partial charge in [-0.05, 0) is 12.1 Å². The standard InChI is InChI=1S/C8H4NO2/c10-8-9-5-6-3-1-2-4-7(6)11-8/h1-4H. The summed E-state index contributed by atoms with van der Waals surface area (Å²) in [6, 6.07) is 7.11. The van der Waals surface area contributed by atoms with Crippen LogP contribution in [0, 0.1) is 6.20 Å². The van der Waals surface area contributed by atoms with Crippen molar-refractivity contribution in [1.29, 1.82) is 0 Å². The van der Waals surface area contributed by atoms with Gasteiger partial charge in [-0.1, -0.05) is 12.1 Å². The molecule has 0 bridgehead atoms. The fraction of sp³-hybridized carbons (Fsp3) is 0. The van der Waals surface area contributed by atoms with Crippen LogP contribution in [0.1, 0.15) is 0 Å². The lowest BCUT2D eigenvalue weighted by Crippen LogP contribution is -2.01. The van der Waals surface area contributed by atoms with Crippen LogP contribution in [0.15, 0.2) is 33.5 Å². The van der Waals surface area contributed by atoms with Gasteiger partial charge in [0.25, 0.3) is 0 Å². The topological polar surface area (TPSA) is 43.1 Å². The van der Waals surface area contributed by atoms with Crippen LogP contribution in [0.2, 0.25) is 0 Å². The molecular formula is C8H4NO2. The number of hydrogen-bond acceptors (Lipinski definition) is 3. The molecule has 0 amide bonds. The Morgan fingerprint density at radius 1 is 1.36 bits per heavy atom. The lowest BCUT2D eigenvalue weighted by molar-refractivity contribution is 0.531. The molecule has 0 spiro atoms. The van der Waals surface area contributed by atoms with E-state index in [0.717, 1.165) is 0 Å². The van der Waals surface area contributed by atoms with Crippen molar-refractivity contribution >= 4 is 11.0 Å². The second kappa shape index (κ2) is 2.20. The highest BCUT2D eigenvalue weighted by molar-refractivity contribution is 5.74. The molecule has 3 heteroatoms. The van der Waals surface area contributed by atoms with E-state index in [1.807, 2.05) is 6.07 Å². The minimum atomic E-state index is -0.608. The van der Waals surface area contributed by atoms with Gasteiger partial charge < -0.3 is 4.42 Å². The summed E-state index contributed by atoms with van der Waals surface area (Å²) in [6.07, 6.45) is 2.56. The highest BCUT2D eigenvalue weighted by Gasteiger charge is 1.94. The van der Waals surface area contributed by atoms with Crippen LogP contribution >= 0.6 is 0 Å². The van der Waals surface area contributed by atoms with Gasteiger partial charge >= 0.3 is 5.76 Å². The predicted octanol–water partition coefficient (Wildman–Crippen LogP) is 0.988. The van der Waals surface area contributed by atoms with Crippen molar-refractivity contribution in [2.75, 3.05) is 0 Å². The molecule has 0 atom stereocenters. The first-order valence-corrected chi connectivity index (χ1v) is 3.14. The molecule has 0 saturated heterocycles. The smallest absolute Gasteiger partial charge is 0.408 e. The van der Waals surface area contributed by atoms with E-state index in [1.165, 1.54) is 0 Å². The summed E-state index contributed by atoms with van der Waals surface area (Å²) in [5, 5.41) is 0.715. The van der Waals surface area contributed by atoms with Crippen LogP contribution in [0.3, 0.4) is 0 Å². The third-order valence-corrected chi connectivity index (χ3v) is 1.35. The van der Waals surface area contributed by atoms with Crippen molar-refractivity contribution < 1.29 is 4.42 Å². The molecule has 2 aromatic rings. The number of nitrogens with zero attached hydrogens (tertiary/aromatic N) is 1. The lowest BCUT2D eigenvalue weighted by atomic mass is 10.3. The zero-order valence-electron chi connectivity index (χ0n) is 5.57. The predicted molar refractivity (Wildman–Crippen MR) is 39.1 cm³/mol. The summed E-state index contributed by atoms with van der Waals surface area (Å²) in [6.45, 7) is 0. The normalized spacial score (nSPS) is 10.2. The summed E-state index contributed by atoms with van der Waals surface area (Å²) < 4.78 is 4.76. The van der Waals surface area contributed by atoms with E-state index in [1.54, 1.807) is 18.2 Å². The Labute approximate surface area is 62.3 Å². The van der Waals surface area contributed by atoms with Gasteiger partial charge in [-0.15, -0.1) is 0 Å². The summed E-state index contributed by atoms with van der Waals surface area (Å²) in [4.78, 5) is 13.9. The molecule has 1 heterocycles. The number of aromatic nitrogens is 1. The second-order valence-electron chi connectivity index (χ2n) is 2.09. The first-order chi connectivity index (χ1) is 5.36. The third-order valence-electron chi connectivity index (χ3n) is 1.35. The van der Waals surface area contributed by atoms with Crippen molar-refractivity contribution in [3.05, 3.63) is 41.0 Å². The highest BCUT2D eigenvalue weighted by Crippen LogP contribution is 2.07. The molecule has 0 N–H and O–H groups in total. The zero-order chi connectivity index (χ0) is 7.68. The fourth-order valence-corrected chi connectivity index (χ4v) is 0.871. The molecule has 2 rings (SSSR count). The van der Waals surface area contributed by atoms with E-state index in [4.69, 9.17) is 4.42 Å². The van der Waals surface area contributed by atoms with Crippen LogP contribution in [-0.4, -0.2) is 4.98 Å². The van der Waals surface area contributed by atoms with Crippen LogP contribution in [0.25, 0.3) is 11.0 Å². The van der Waals surface area contributed by atoms with Crippen molar-refractivity contribution in [2.45, 2.75) is 0 Å². The minimum Gasteiger partial charge on any atom is -0.408 e. The number of benzene rings is 1. The van der Waals surface area contributed by atoms with Crippen LogP contribution in [0.4, 0.5) is 0 Å². The number of hydrogen-bond donors (Lipinski definition) is 0. The van der Waals surface area contributed by atoms with Gasteiger partial charge in [0, 0.05) is 5.39 Å². The molecule has 0 unspecified atom stereocenters. The summed E-state index contributed by atoms with van der Waals surface area (Å²) >= 11 is 0. The maximum atomic E-state index is 10.6. The van der Waals surface area contributed by atoms with Crippen LogP contribution in [0.5, 0.6) is 0 Å². The van der Waals surface area contributed by atoms with Crippen molar-refractivity contribution in [1.82, 2.24) is 4.98 Å². The first kappa shape index (κ1) is 6.09. The Morgan fingerprint density at radius 3 is 3.09 bits per heavy atom. The van der Waals surface area contributed by atoms with Crippen molar-refractivity contribution in [3.63, 3.8) is 0 Å². The molecule has 0 aliphatic heterocycles. The molecule has 53 valence electrons. The molecule has 1 aromatic heterocycles. The summed E-state index contributed by atoms with van der Waals surface area (Å²) in [5.41, 5.74) is 0.521. The van der Waals surface area contributed by atoms with E-state index < -0.39 is 5.76 Å². The average molecular weight is 146 g/mol. The molecule has 0 fully saturated rings. The van der Waals surface area contributed by atoms with Gasteiger partial charge in [-0.25, -0.2) is 4.79 Å². The molecule has 1 radical (unpaired) electrons. The van der Waals surface area contributed by atoms with Gasteiger partial charge in [0.05, 0.1) is 0 Å². The fourth-order valence-electron chi connectivity index (χ4n) is 0.871. The third kappa shape index (κ3) is 1.00. The quantitative estimate of drug-likeness (QED) is 0.556. The van der Waals surface area contributed by atoms with E-state index in [2.05, 4.69) is 11.2 Å². The van der Waals surface area contributed by atoms with Gasteiger partial charge in [0.2, 0.25) is 0 Å². The number of fused-ring (bicyclic) bond motifs is 1. The molecule has 1 aromatic carbocycles. The van der Waals surface area contributed by atoms with Crippen LogP contribution in [-0.2, 0) is 0 Å². The van der Waals surface area contributed by atoms with E-state index in [0.29, 0.717) is 11.0 Å². The lowest BCUT2D eigenvalue weighted by Gasteiger charge is -1.89. The Kier molecular flexibility index (Phi) is 1.22. The maximum absolute atomic E-state index is 10.6. The molecular weight excluding hydrogens is 142 g/mol. The number of para-hydroxylation sites is 1. The van der Waals surface area contributed by atoms with Gasteiger partial charge in [-0.3, -0.25) is 0 Å². The molecule has 0 saturated carbocycles. The van der Waals surface area contributed by atoms with Crippen LogP contribution < -0.4 is 5.76 Å². The Bertz CT molecular complexity index is 433. The molecule has 11 heavy (non-hydrogen) atoms. The highest BCUT2D eigenvalue weighted by atomic mass is 16.4. The maximum Gasteiger partial charge on any atom is 0.439 e. The second-order valence-corrected chi connectivity index (χ2v) is 2.09. The molecule has 0 aliphatic rings. The van der Waals surface area contributed by atoms with E-state index in [9.17, 15) is 4.79 Å². The van der Waals surface area contributed by atoms with E-state index >= 15 is 0 Å². The van der Waals surface area contributed by atoms with Gasteiger partial charge in [0.1, 0.15) is 11.8 Å². The summed E-state index contributed by atoms with van der Waals surface area (Å²) in [7, 11) is 0. The minimum absolute atomic E-state index is 0.521. The van der Waals surface area contributed by atoms with Crippen molar-refractivity contribution in [2.24, 2.45) is 0 Å². The first-order valence-electron chi connectivity index (χ1n) is 3.14. The Balaban J connectivity index is 2.94. The van der Waals surface area contributed by atoms with E-state index in [-0.39, 0.29) is 0 Å². The molecule has 3 nitrogen and oxygen atoms in total. The Hall–Kier alpha value is -1.64. The Morgan fingerprint density at radius 2 is 2.18 bits per heavy atom. The zero-order valence-corrected chi connectivity index (χ0v) is 5.57. The molecule has 0 aliphatic carbocycles. The van der Waals surface area contributed by atoms with Gasteiger partial charge in [-0.2, -0.15) is 4.98 Å².